The number of thiophene rings is 1. The molecule has 0 aliphatic heterocycles. The molecule has 0 unspecified atom stereocenters. The van der Waals surface area contributed by atoms with Gasteiger partial charge in [-0.1, -0.05) is 50.8 Å². The molecule has 0 atom stereocenters. The molecule has 6 heteroatoms. The van der Waals surface area contributed by atoms with E-state index in [4.69, 9.17) is 12.2 Å². The highest BCUT2D eigenvalue weighted by Gasteiger charge is 2.14. The maximum absolute atomic E-state index is 13.1. The molecule has 3 nitrogen and oxygen atoms in total. The molecule has 0 fully saturated rings. The van der Waals surface area contributed by atoms with E-state index in [0.717, 1.165) is 0 Å². The molecule has 1 aromatic carbocycles. The molecule has 0 aliphatic carbocycles. The van der Waals surface area contributed by atoms with Crippen LogP contribution in [0.2, 0.25) is 0 Å². The van der Waals surface area contributed by atoms with E-state index in [2.05, 4.69) is 11.6 Å². The summed E-state index contributed by atoms with van der Waals surface area (Å²) in [6.07, 6.45) is 4.87. The van der Waals surface area contributed by atoms with Crippen molar-refractivity contribution < 1.29 is 4.39 Å². The molecular formula is C20H19FN2OS2. The smallest absolute Gasteiger partial charge is 0.268 e. The van der Waals surface area contributed by atoms with Crippen molar-refractivity contribution in [3.05, 3.63) is 87.5 Å². The molecule has 1 N–H and O–H groups in total. The molecule has 134 valence electrons. The summed E-state index contributed by atoms with van der Waals surface area (Å²) in [5.41, 5.74) is 1.84. The summed E-state index contributed by atoms with van der Waals surface area (Å²) in [7, 11) is 0. The first-order valence-electron chi connectivity index (χ1n) is 8.09. The minimum Gasteiger partial charge on any atom is -0.323 e. The van der Waals surface area contributed by atoms with Crippen LogP contribution in [0.5, 0.6) is 0 Å². The van der Waals surface area contributed by atoms with Crippen LogP contribution in [-0.2, 0) is 0 Å². The fourth-order valence-corrected chi connectivity index (χ4v) is 3.77. The number of fused-ring (bicyclic) bond motifs is 1. The third kappa shape index (κ3) is 3.81. The molecule has 0 aliphatic rings. The lowest BCUT2D eigenvalue weighted by atomic mass is 10.1. The van der Waals surface area contributed by atoms with Crippen molar-refractivity contribution in [2.24, 2.45) is 0 Å². The van der Waals surface area contributed by atoms with Crippen molar-refractivity contribution in [2.45, 2.75) is 13.8 Å². The molecule has 2 heterocycles. The van der Waals surface area contributed by atoms with Crippen molar-refractivity contribution >= 4 is 39.3 Å². The topological polar surface area (TPSA) is 37.8 Å². The van der Waals surface area contributed by atoms with E-state index in [1.54, 1.807) is 12.2 Å². The summed E-state index contributed by atoms with van der Waals surface area (Å²) >= 11 is 6.72. The summed E-state index contributed by atoms with van der Waals surface area (Å²) in [6.45, 7) is 7.74. The maximum Gasteiger partial charge on any atom is 0.268 e. The van der Waals surface area contributed by atoms with Crippen LogP contribution in [0.4, 0.5) is 4.39 Å². The van der Waals surface area contributed by atoms with Gasteiger partial charge in [-0.15, -0.1) is 11.3 Å². The normalized spacial score (nSPS) is 11.4. The third-order valence-corrected chi connectivity index (χ3v) is 4.71. The van der Waals surface area contributed by atoms with Crippen LogP contribution in [0.25, 0.3) is 21.5 Å². The van der Waals surface area contributed by atoms with Crippen LogP contribution in [0.15, 0.2) is 71.6 Å². The predicted molar refractivity (Wildman–Crippen MR) is 112 cm³/mol. The number of hydrogen-bond donors (Lipinski definition) is 1. The first kappa shape index (κ1) is 19.8. The number of allylic oxidation sites excluding steroid dienone is 4. The largest absolute Gasteiger partial charge is 0.323 e. The minimum atomic E-state index is -0.215. The molecule has 0 bridgehead atoms. The van der Waals surface area contributed by atoms with Crippen molar-refractivity contribution in [3.63, 3.8) is 0 Å². The van der Waals surface area contributed by atoms with E-state index in [1.807, 2.05) is 49.6 Å². The van der Waals surface area contributed by atoms with E-state index in [9.17, 15) is 9.18 Å². The van der Waals surface area contributed by atoms with Gasteiger partial charge in [-0.2, -0.15) is 0 Å². The van der Waals surface area contributed by atoms with Crippen molar-refractivity contribution in [2.75, 3.05) is 0 Å². The first-order chi connectivity index (χ1) is 12.7. The van der Waals surface area contributed by atoms with E-state index >= 15 is 0 Å². The van der Waals surface area contributed by atoms with Gasteiger partial charge in [0.15, 0.2) is 4.77 Å². The van der Waals surface area contributed by atoms with Gasteiger partial charge in [-0.25, -0.2) is 4.39 Å². The number of rotatable bonds is 4. The quantitative estimate of drug-likeness (QED) is 0.429. The number of nitrogens with zero attached hydrogens (tertiary/aromatic N) is 1. The predicted octanol–water partition coefficient (Wildman–Crippen LogP) is 6.19. The Morgan fingerprint density at radius 1 is 1.31 bits per heavy atom. The third-order valence-electron chi connectivity index (χ3n) is 3.53. The molecule has 0 amide bonds. The summed E-state index contributed by atoms with van der Waals surface area (Å²) in [6, 6.07) is 9.20. The average molecular weight is 387 g/mol. The minimum absolute atomic E-state index is 0.215. The van der Waals surface area contributed by atoms with Crippen LogP contribution in [0.1, 0.15) is 19.4 Å². The lowest BCUT2D eigenvalue weighted by Crippen LogP contribution is -2.20. The monoisotopic (exact) mass is 386 g/mol. The molecule has 3 aromatic rings. The maximum atomic E-state index is 13.1. The van der Waals surface area contributed by atoms with Gasteiger partial charge >= 0.3 is 0 Å². The molecule has 0 saturated carbocycles. The number of hydrogen-bond acceptors (Lipinski definition) is 3. The van der Waals surface area contributed by atoms with Gasteiger partial charge in [0.1, 0.15) is 4.83 Å². The van der Waals surface area contributed by atoms with E-state index in [0.29, 0.717) is 38.1 Å². The Bertz CT molecular complexity index is 1070. The van der Waals surface area contributed by atoms with E-state index in [-0.39, 0.29) is 5.56 Å². The van der Waals surface area contributed by atoms with Crippen molar-refractivity contribution in [3.8, 4) is 5.69 Å². The fraction of sp³-hybridized carbons (Fsp3) is 0.100. The van der Waals surface area contributed by atoms with Crippen LogP contribution in [0, 0.1) is 4.77 Å². The first-order valence-corrected chi connectivity index (χ1v) is 9.38. The highest BCUT2D eigenvalue weighted by atomic mass is 32.1. The van der Waals surface area contributed by atoms with Crippen LogP contribution < -0.4 is 5.56 Å². The van der Waals surface area contributed by atoms with Crippen LogP contribution >= 0.6 is 23.6 Å². The number of benzene rings is 1. The molecule has 26 heavy (non-hydrogen) atoms. The Balaban J connectivity index is 0.00000117. The zero-order valence-electron chi connectivity index (χ0n) is 14.5. The molecule has 0 radical (unpaired) electrons. The number of aromatic amines is 1. The lowest BCUT2D eigenvalue weighted by Gasteiger charge is -2.07. The van der Waals surface area contributed by atoms with E-state index in [1.165, 1.54) is 22.0 Å². The van der Waals surface area contributed by atoms with Crippen molar-refractivity contribution in [1.82, 2.24) is 9.55 Å². The van der Waals surface area contributed by atoms with Crippen molar-refractivity contribution in [1.29, 1.82) is 0 Å². The second kappa shape index (κ2) is 9.22. The van der Waals surface area contributed by atoms with Gasteiger partial charge in [0, 0.05) is 10.9 Å². The fourth-order valence-electron chi connectivity index (χ4n) is 2.45. The molecule has 3 rings (SSSR count). The number of para-hydroxylation sites is 1. The number of H-pyrrole nitrogens is 1. The van der Waals surface area contributed by atoms with Gasteiger partial charge in [-0.3, -0.25) is 9.36 Å². The summed E-state index contributed by atoms with van der Waals surface area (Å²) in [4.78, 5) is 16.8. The van der Waals surface area contributed by atoms with Crippen LogP contribution in [-0.4, -0.2) is 9.55 Å². The molecule has 0 spiro atoms. The molecular weight excluding hydrogens is 367 g/mol. The molecule has 0 saturated heterocycles. The SMILES string of the molecule is C=C/C(=C\C=C\F)c1csc2[nH]c(=S)n(-c3ccccc3)c(=O)c12.CC. The standard InChI is InChI=1S/C18H13FN2OS2.C2H6/c1-2-12(7-6-10-19)14-11-24-16-15(14)17(22)21(18(23)20-16)13-8-4-3-5-9-13;1-2/h2-11H,1H2,(H,20,23);1-2H3/b10-6+,12-7+;. The zero-order chi connectivity index (χ0) is 19.1. The summed E-state index contributed by atoms with van der Waals surface area (Å²) in [5, 5.41) is 2.35. The van der Waals surface area contributed by atoms with Gasteiger partial charge in [0.05, 0.1) is 17.4 Å². The van der Waals surface area contributed by atoms with Gasteiger partial charge in [-0.05, 0) is 36.0 Å². The Morgan fingerprint density at radius 2 is 2.00 bits per heavy atom. The highest BCUT2D eigenvalue weighted by Crippen LogP contribution is 2.28. The number of nitrogens with one attached hydrogen (secondary N) is 1. The van der Waals surface area contributed by atoms with Gasteiger partial charge < -0.3 is 4.98 Å². The Kier molecular flexibility index (Phi) is 7.00. The Hall–Kier alpha value is -2.57. The zero-order valence-corrected chi connectivity index (χ0v) is 16.2. The lowest BCUT2D eigenvalue weighted by molar-refractivity contribution is 0.721. The Morgan fingerprint density at radius 3 is 2.62 bits per heavy atom. The summed E-state index contributed by atoms with van der Waals surface area (Å²) < 4.78 is 14.1. The molecule has 2 aromatic heterocycles. The average Bonchev–Trinajstić information content (AvgIpc) is 3.09. The second-order valence-electron chi connectivity index (χ2n) is 4.90. The van der Waals surface area contributed by atoms with Gasteiger partial charge in [0.2, 0.25) is 0 Å². The number of halogens is 1. The van der Waals surface area contributed by atoms with E-state index < -0.39 is 0 Å². The summed E-state index contributed by atoms with van der Waals surface area (Å²) in [5.74, 6) is 0. The highest BCUT2D eigenvalue weighted by molar-refractivity contribution is 7.71. The second-order valence-corrected chi connectivity index (χ2v) is 6.17. The Labute approximate surface area is 160 Å². The van der Waals surface area contributed by atoms with Crippen LogP contribution in [0.3, 0.4) is 0 Å². The van der Waals surface area contributed by atoms with Gasteiger partial charge in [0.25, 0.3) is 5.56 Å². The number of aromatic nitrogens is 2.